The van der Waals surface area contributed by atoms with E-state index in [9.17, 15) is 4.79 Å². The SMILES string of the molecule is Cc1ccc(C(=O)NCCNC(C)CC(C)C)cc1. The predicted octanol–water partition coefficient (Wildman–Crippen LogP) is 2.75. The van der Waals surface area contributed by atoms with Gasteiger partial charge in [-0.15, -0.1) is 0 Å². The first-order valence-electron chi connectivity index (χ1n) is 7.07. The van der Waals surface area contributed by atoms with Gasteiger partial charge in [-0.05, 0) is 38.3 Å². The Balaban J connectivity index is 2.22. The third kappa shape index (κ3) is 6.39. The summed E-state index contributed by atoms with van der Waals surface area (Å²) >= 11 is 0. The van der Waals surface area contributed by atoms with Crippen LogP contribution < -0.4 is 10.6 Å². The first-order chi connectivity index (χ1) is 8.99. The second-order valence-electron chi connectivity index (χ2n) is 5.61. The maximum atomic E-state index is 11.8. The van der Waals surface area contributed by atoms with Crippen LogP contribution >= 0.6 is 0 Å². The van der Waals surface area contributed by atoms with Gasteiger partial charge in [-0.1, -0.05) is 31.5 Å². The zero-order chi connectivity index (χ0) is 14.3. The van der Waals surface area contributed by atoms with E-state index in [0.717, 1.165) is 18.5 Å². The molecule has 0 aliphatic heterocycles. The number of hydrogen-bond acceptors (Lipinski definition) is 2. The van der Waals surface area contributed by atoms with Crippen molar-refractivity contribution in [2.24, 2.45) is 5.92 Å². The van der Waals surface area contributed by atoms with Gasteiger partial charge in [0.15, 0.2) is 0 Å². The minimum absolute atomic E-state index is 0.00156. The molecule has 1 atom stereocenters. The van der Waals surface area contributed by atoms with Crippen LogP contribution in [0, 0.1) is 12.8 Å². The lowest BCUT2D eigenvalue weighted by atomic mass is 10.1. The Hall–Kier alpha value is -1.35. The predicted molar refractivity (Wildman–Crippen MR) is 80.4 cm³/mol. The zero-order valence-corrected chi connectivity index (χ0v) is 12.5. The quantitative estimate of drug-likeness (QED) is 0.742. The van der Waals surface area contributed by atoms with Crippen LogP contribution in [0.5, 0.6) is 0 Å². The van der Waals surface area contributed by atoms with Gasteiger partial charge in [0.2, 0.25) is 0 Å². The minimum Gasteiger partial charge on any atom is -0.351 e. The lowest BCUT2D eigenvalue weighted by molar-refractivity contribution is 0.0953. The fourth-order valence-corrected chi connectivity index (χ4v) is 2.09. The monoisotopic (exact) mass is 262 g/mol. The molecule has 1 amide bonds. The van der Waals surface area contributed by atoms with E-state index in [1.165, 1.54) is 5.56 Å². The topological polar surface area (TPSA) is 41.1 Å². The van der Waals surface area contributed by atoms with Gasteiger partial charge in [-0.25, -0.2) is 0 Å². The molecule has 3 nitrogen and oxygen atoms in total. The summed E-state index contributed by atoms with van der Waals surface area (Å²) in [5.41, 5.74) is 1.89. The van der Waals surface area contributed by atoms with Gasteiger partial charge in [0.05, 0.1) is 0 Å². The Morgan fingerprint density at radius 2 is 1.74 bits per heavy atom. The van der Waals surface area contributed by atoms with Gasteiger partial charge in [0.1, 0.15) is 0 Å². The molecule has 0 bridgehead atoms. The zero-order valence-electron chi connectivity index (χ0n) is 12.5. The Labute approximate surface area is 116 Å². The number of nitrogens with one attached hydrogen (secondary N) is 2. The van der Waals surface area contributed by atoms with Crippen molar-refractivity contribution in [1.29, 1.82) is 0 Å². The fraction of sp³-hybridized carbons (Fsp3) is 0.562. The van der Waals surface area contributed by atoms with Gasteiger partial charge in [-0.2, -0.15) is 0 Å². The Morgan fingerprint density at radius 1 is 1.11 bits per heavy atom. The maximum absolute atomic E-state index is 11.8. The summed E-state index contributed by atoms with van der Waals surface area (Å²) in [6.45, 7) is 10.1. The van der Waals surface area contributed by atoms with Crippen LogP contribution in [-0.2, 0) is 0 Å². The highest BCUT2D eigenvalue weighted by Gasteiger charge is 2.06. The summed E-state index contributed by atoms with van der Waals surface area (Å²) in [6, 6.07) is 8.13. The Kier molecular flexibility index (Phi) is 6.57. The molecule has 3 heteroatoms. The molecule has 0 aliphatic carbocycles. The van der Waals surface area contributed by atoms with Crippen molar-refractivity contribution in [2.45, 2.75) is 40.2 Å². The van der Waals surface area contributed by atoms with Crippen molar-refractivity contribution in [2.75, 3.05) is 13.1 Å². The lowest BCUT2D eigenvalue weighted by Gasteiger charge is -2.16. The van der Waals surface area contributed by atoms with Crippen molar-refractivity contribution in [3.63, 3.8) is 0 Å². The summed E-state index contributed by atoms with van der Waals surface area (Å²) in [5.74, 6) is 0.697. The maximum Gasteiger partial charge on any atom is 0.251 e. The first kappa shape index (κ1) is 15.7. The third-order valence-corrected chi connectivity index (χ3v) is 3.04. The molecule has 0 spiro atoms. The van der Waals surface area contributed by atoms with E-state index in [-0.39, 0.29) is 5.91 Å². The van der Waals surface area contributed by atoms with Crippen LogP contribution in [0.4, 0.5) is 0 Å². The summed E-state index contributed by atoms with van der Waals surface area (Å²) in [6.07, 6.45) is 1.16. The molecule has 1 aromatic rings. The summed E-state index contributed by atoms with van der Waals surface area (Å²) in [7, 11) is 0. The number of hydrogen-bond donors (Lipinski definition) is 2. The largest absolute Gasteiger partial charge is 0.351 e. The molecule has 1 unspecified atom stereocenters. The molecular formula is C16H26N2O. The van der Waals surface area contributed by atoms with Crippen LogP contribution in [0.2, 0.25) is 0 Å². The van der Waals surface area contributed by atoms with E-state index >= 15 is 0 Å². The highest BCUT2D eigenvalue weighted by molar-refractivity contribution is 5.94. The van der Waals surface area contributed by atoms with E-state index < -0.39 is 0 Å². The minimum atomic E-state index is -0.00156. The van der Waals surface area contributed by atoms with Crippen LogP contribution in [0.1, 0.15) is 43.1 Å². The van der Waals surface area contributed by atoms with Crippen LogP contribution in [0.25, 0.3) is 0 Å². The summed E-state index contributed by atoms with van der Waals surface area (Å²) in [4.78, 5) is 11.8. The number of amides is 1. The number of rotatable bonds is 7. The third-order valence-electron chi connectivity index (χ3n) is 3.04. The normalized spacial score (nSPS) is 12.5. The molecule has 0 saturated heterocycles. The number of carbonyl (C=O) groups excluding carboxylic acids is 1. The Morgan fingerprint density at radius 3 is 2.32 bits per heavy atom. The lowest BCUT2D eigenvalue weighted by Crippen LogP contribution is -2.36. The molecule has 1 rings (SSSR count). The molecule has 106 valence electrons. The molecular weight excluding hydrogens is 236 g/mol. The summed E-state index contributed by atoms with van der Waals surface area (Å²) < 4.78 is 0. The highest BCUT2D eigenvalue weighted by Crippen LogP contribution is 2.03. The molecule has 0 radical (unpaired) electrons. The molecule has 0 aliphatic rings. The molecule has 2 N–H and O–H groups in total. The fourth-order valence-electron chi connectivity index (χ4n) is 2.09. The average molecular weight is 262 g/mol. The second-order valence-corrected chi connectivity index (χ2v) is 5.61. The number of aryl methyl sites for hydroxylation is 1. The van der Waals surface area contributed by atoms with Crippen LogP contribution in [0.3, 0.4) is 0 Å². The molecule has 1 aromatic carbocycles. The van der Waals surface area contributed by atoms with Crippen molar-refractivity contribution in [3.8, 4) is 0 Å². The Bertz CT molecular complexity index is 384. The van der Waals surface area contributed by atoms with Crippen molar-refractivity contribution < 1.29 is 4.79 Å². The van der Waals surface area contributed by atoms with E-state index in [1.54, 1.807) is 0 Å². The number of benzene rings is 1. The van der Waals surface area contributed by atoms with Gasteiger partial charge in [0.25, 0.3) is 5.91 Å². The smallest absolute Gasteiger partial charge is 0.251 e. The molecule has 19 heavy (non-hydrogen) atoms. The van der Waals surface area contributed by atoms with Crippen molar-refractivity contribution in [3.05, 3.63) is 35.4 Å². The van der Waals surface area contributed by atoms with Crippen LogP contribution in [-0.4, -0.2) is 25.0 Å². The van der Waals surface area contributed by atoms with E-state index in [1.807, 2.05) is 31.2 Å². The summed E-state index contributed by atoms with van der Waals surface area (Å²) in [5, 5.41) is 6.34. The van der Waals surface area contributed by atoms with Gasteiger partial charge in [-0.3, -0.25) is 4.79 Å². The van der Waals surface area contributed by atoms with E-state index in [4.69, 9.17) is 0 Å². The molecule has 0 aromatic heterocycles. The van der Waals surface area contributed by atoms with Gasteiger partial charge in [0, 0.05) is 24.7 Å². The number of carbonyl (C=O) groups is 1. The molecule has 0 fully saturated rings. The average Bonchev–Trinajstić information content (AvgIpc) is 2.34. The van der Waals surface area contributed by atoms with Gasteiger partial charge >= 0.3 is 0 Å². The van der Waals surface area contributed by atoms with Crippen molar-refractivity contribution >= 4 is 5.91 Å². The standard InChI is InChI=1S/C16H26N2O/c1-12(2)11-14(4)17-9-10-18-16(19)15-7-5-13(3)6-8-15/h5-8,12,14,17H,9-11H2,1-4H3,(H,18,19). The first-order valence-corrected chi connectivity index (χ1v) is 7.07. The van der Waals surface area contributed by atoms with E-state index in [2.05, 4.69) is 31.4 Å². The van der Waals surface area contributed by atoms with Crippen LogP contribution in [0.15, 0.2) is 24.3 Å². The molecule has 0 heterocycles. The van der Waals surface area contributed by atoms with Crippen molar-refractivity contribution in [1.82, 2.24) is 10.6 Å². The molecule has 0 saturated carbocycles. The second kappa shape index (κ2) is 7.95. The van der Waals surface area contributed by atoms with Gasteiger partial charge < -0.3 is 10.6 Å². The van der Waals surface area contributed by atoms with E-state index in [0.29, 0.717) is 18.5 Å². The highest BCUT2D eigenvalue weighted by atomic mass is 16.1.